The van der Waals surface area contributed by atoms with E-state index in [1.54, 1.807) is 18.3 Å². The number of anilines is 2. The summed E-state index contributed by atoms with van der Waals surface area (Å²) in [5.74, 6) is -0.380. The fourth-order valence-corrected chi connectivity index (χ4v) is 6.46. The molecule has 1 aromatic carbocycles. The molecule has 0 saturated heterocycles. The zero-order valence-corrected chi connectivity index (χ0v) is 24.4. The van der Waals surface area contributed by atoms with Crippen LogP contribution in [0.5, 0.6) is 0 Å². The molecule has 1 unspecified atom stereocenters. The van der Waals surface area contributed by atoms with Crippen LogP contribution in [0.15, 0.2) is 41.9 Å². The van der Waals surface area contributed by atoms with Crippen LogP contribution in [0.3, 0.4) is 0 Å². The van der Waals surface area contributed by atoms with Crippen molar-refractivity contribution < 1.29 is 9.59 Å². The molecule has 3 aromatic rings. The summed E-state index contributed by atoms with van der Waals surface area (Å²) >= 11 is 7.02. The van der Waals surface area contributed by atoms with Gasteiger partial charge in [0.25, 0.3) is 11.8 Å². The molecule has 3 aliphatic heterocycles. The Kier molecular flexibility index (Phi) is 6.96. The molecule has 12 heteroatoms. The summed E-state index contributed by atoms with van der Waals surface area (Å²) in [7, 11) is 5.84. The van der Waals surface area contributed by atoms with Crippen molar-refractivity contribution in [1.29, 1.82) is 0 Å². The van der Waals surface area contributed by atoms with Gasteiger partial charge >= 0.3 is 0 Å². The number of halogens is 1. The molecular weight excluding hydrogens is 542 g/mol. The minimum Gasteiger partial charge on any atom is -0.366 e. The van der Waals surface area contributed by atoms with Gasteiger partial charge in [0, 0.05) is 82.0 Å². The molecular formula is C29H34ClN9O2. The lowest BCUT2D eigenvalue weighted by atomic mass is 10.0. The van der Waals surface area contributed by atoms with E-state index in [1.165, 1.54) is 0 Å². The zero-order chi connectivity index (χ0) is 29.0. The van der Waals surface area contributed by atoms with Crippen LogP contribution in [-0.2, 0) is 24.8 Å². The number of aromatic nitrogens is 3. The highest BCUT2D eigenvalue weighted by atomic mass is 35.5. The van der Waals surface area contributed by atoms with Gasteiger partial charge in [0.15, 0.2) is 12.0 Å². The molecule has 0 bridgehead atoms. The van der Waals surface area contributed by atoms with Gasteiger partial charge in [-0.3, -0.25) is 14.6 Å². The van der Waals surface area contributed by atoms with Crippen LogP contribution in [0.4, 0.5) is 11.4 Å². The van der Waals surface area contributed by atoms with Crippen LogP contribution < -0.4 is 21.3 Å². The number of hydrogen-bond acceptors (Lipinski definition) is 8. The molecule has 3 aliphatic rings. The van der Waals surface area contributed by atoms with Crippen molar-refractivity contribution in [2.45, 2.75) is 32.5 Å². The van der Waals surface area contributed by atoms with Crippen LogP contribution in [0.1, 0.15) is 34.0 Å². The van der Waals surface area contributed by atoms with Crippen molar-refractivity contribution in [2.24, 2.45) is 12.8 Å². The molecule has 5 heterocycles. The van der Waals surface area contributed by atoms with Gasteiger partial charge in [0.05, 0.1) is 27.8 Å². The minimum atomic E-state index is -0.645. The van der Waals surface area contributed by atoms with E-state index in [9.17, 15) is 9.59 Å². The Bertz CT molecular complexity index is 1600. The van der Waals surface area contributed by atoms with E-state index in [0.717, 1.165) is 60.0 Å². The molecule has 41 heavy (non-hydrogen) atoms. The predicted molar refractivity (Wildman–Crippen MR) is 158 cm³/mol. The number of carbonyl (C=O) groups excluding carboxylic acids is 2. The summed E-state index contributed by atoms with van der Waals surface area (Å²) < 4.78 is 1.88. The number of likely N-dealkylation sites (N-methyl/N-ethyl adjacent to an activating group) is 2. The number of nitrogens with zero attached hydrogens (tertiary/aromatic N) is 6. The van der Waals surface area contributed by atoms with Crippen molar-refractivity contribution in [3.63, 3.8) is 0 Å². The number of primary amides is 1. The topological polar surface area (TPSA) is 125 Å². The third-order valence-corrected chi connectivity index (χ3v) is 8.81. The maximum Gasteiger partial charge on any atom is 0.291 e. The molecule has 11 nitrogen and oxygen atoms in total. The van der Waals surface area contributed by atoms with Crippen molar-refractivity contribution in [1.82, 2.24) is 29.7 Å². The minimum absolute atomic E-state index is 0.308. The molecule has 1 atom stereocenters. The first-order valence-electron chi connectivity index (χ1n) is 13.7. The lowest BCUT2D eigenvalue weighted by Crippen LogP contribution is -2.49. The Labute approximate surface area is 244 Å². The van der Waals surface area contributed by atoms with E-state index >= 15 is 0 Å². The third-order valence-electron chi connectivity index (χ3n) is 8.32. The molecule has 0 aliphatic carbocycles. The normalized spacial score (nSPS) is 18.9. The molecule has 2 aromatic heterocycles. The van der Waals surface area contributed by atoms with Gasteiger partial charge in [-0.1, -0.05) is 11.6 Å². The second-order valence-corrected chi connectivity index (χ2v) is 11.3. The Morgan fingerprint density at radius 2 is 1.95 bits per heavy atom. The largest absolute Gasteiger partial charge is 0.366 e. The summed E-state index contributed by atoms with van der Waals surface area (Å²) in [5, 5.41) is 6.90. The van der Waals surface area contributed by atoms with Gasteiger partial charge in [-0.05, 0) is 43.8 Å². The first kappa shape index (κ1) is 27.3. The second-order valence-electron chi connectivity index (χ2n) is 10.9. The number of nitrogens with two attached hydrogens (primary N) is 1. The summed E-state index contributed by atoms with van der Waals surface area (Å²) in [6, 6.07) is 7.40. The van der Waals surface area contributed by atoms with Crippen LogP contribution in [0.2, 0.25) is 5.02 Å². The number of hydrogen-bond donors (Lipinski definition) is 3. The van der Waals surface area contributed by atoms with E-state index in [2.05, 4.69) is 25.5 Å². The fourth-order valence-electron chi connectivity index (χ4n) is 6.21. The number of imidazole rings is 1. The molecule has 0 spiro atoms. The first-order valence-corrected chi connectivity index (χ1v) is 14.1. The van der Waals surface area contributed by atoms with Crippen molar-refractivity contribution in [2.75, 3.05) is 43.9 Å². The number of fused-ring (bicyclic) bond motifs is 1. The standard InChI is InChI=1S/C29H34ClN9O2/c1-16-20(39-23-14-32-12-9-22(23)38(4)29(39)26(31)40)8-7-17(24(16)30)25-18(6-5-11-33-25)35-28(41)27-34-19-15-36(2)13-10-21(19)37(27)3/h5-8,11,29,32H,9-10,12-15H2,1-4H3,(H2,31,40)(H,35,41). The number of rotatable bonds is 5. The van der Waals surface area contributed by atoms with Gasteiger partial charge in [-0.2, -0.15) is 0 Å². The van der Waals surface area contributed by atoms with E-state index in [1.807, 2.05) is 54.6 Å². The Balaban J connectivity index is 1.34. The summed E-state index contributed by atoms with van der Waals surface area (Å²) in [5.41, 5.74) is 13.3. The number of nitrogens with one attached hydrogen (secondary N) is 2. The summed E-state index contributed by atoms with van der Waals surface area (Å²) in [6.45, 7) is 5.04. The van der Waals surface area contributed by atoms with E-state index < -0.39 is 12.1 Å². The molecule has 2 amide bonds. The molecule has 6 rings (SSSR count). The Morgan fingerprint density at radius 1 is 1.15 bits per heavy atom. The highest BCUT2D eigenvalue weighted by Gasteiger charge is 2.41. The molecule has 4 N–H and O–H groups in total. The molecule has 0 radical (unpaired) electrons. The third kappa shape index (κ3) is 4.54. The first-order chi connectivity index (χ1) is 19.7. The van der Waals surface area contributed by atoms with Crippen LogP contribution >= 0.6 is 11.6 Å². The maximum absolute atomic E-state index is 13.4. The lowest BCUT2D eigenvalue weighted by molar-refractivity contribution is -0.121. The number of carbonyl (C=O) groups is 2. The van der Waals surface area contributed by atoms with E-state index in [4.69, 9.17) is 17.3 Å². The summed E-state index contributed by atoms with van der Waals surface area (Å²) in [4.78, 5) is 41.4. The van der Waals surface area contributed by atoms with Gasteiger partial charge in [0.2, 0.25) is 0 Å². The van der Waals surface area contributed by atoms with Crippen LogP contribution in [0.25, 0.3) is 11.3 Å². The van der Waals surface area contributed by atoms with Crippen LogP contribution in [0, 0.1) is 6.92 Å². The fraction of sp³-hybridized carbons (Fsp3) is 0.379. The highest BCUT2D eigenvalue weighted by Crippen LogP contribution is 2.42. The van der Waals surface area contributed by atoms with Gasteiger partial charge in [0.1, 0.15) is 0 Å². The van der Waals surface area contributed by atoms with Gasteiger partial charge in [-0.25, -0.2) is 4.98 Å². The summed E-state index contributed by atoms with van der Waals surface area (Å²) in [6.07, 6.45) is 2.68. The number of benzene rings is 1. The van der Waals surface area contributed by atoms with Crippen molar-refractivity contribution >= 4 is 34.8 Å². The lowest BCUT2D eigenvalue weighted by Gasteiger charge is -2.32. The monoisotopic (exact) mass is 575 g/mol. The SMILES string of the molecule is Cc1c(N2C3=C(CCNC3)N(C)C2C(N)=O)ccc(-c2ncccc2NC(=O)c2nc3c(n2C)CCN(C)C3)c1Cl. The quantitative estimate of drug-likeness (QED) is 0.424. The van der Waals surface area contributed by atoms with Crippen LogP contribution in [-0.4, -0.2) is 76.0 Å². The predicted octanol–water partition coefficient (Wildman–Crippen LogP) is 2.45. The van der Waals surface area contributed by atoms with Gasteiger partial charge in [-0.15, -0.1) is 0 Å². The number of amides is 2. The van der Waals surface area contributed by atoms with E-state index in [-0.39, 0.29) is 5.91 Å². The van der Waals surface area contributed by atoms with E-state index in [0.29, 0.717) is 40.9 Å². The molecule has 214 valence electrons. The molecule has 0 fully saturated rings. The second kappa shape index (κ2) is 10.5. The van der Waals surface area contributed by atoms with Gasteiger partial charge < -0.3 is 35.6 Å². The highest BCUT2D eigenvalue weighted by molar-refractivity contribution is 6.34. The average molecular weight is 576 g/mol. The molecule has 0 saturated carbocycles. The Morgan fingerprint density at radius 3 is 2.73 bits per heavy atom. The Hall–Kier alpha value is -3.93. The van der Waals surface area contributed by atoms with Crippen molar-refractivity contribution in [3.05, 3.63) is 69.7 Å². The van der Waals surface area contributed by atoms with Crippen molar-refractivity contribution in [3.8, 4) is 11.3 Å². The number of pyridine rings is 1. The maximum atomic E-state index is 13.4. The average Bonchev–Trinajstić information content (AvgIpc) is 3.44. The zero-order valence-electron chi connectivity index (χ0n) is 23.7. The smallest absolute Gasteiger partial charge is 0.291 e.